The van der Waals surface area contributed by atoms with Gasteiger partial charge in [-0.3, -0.25) is 9.59 Å². The Kier molecular flexibility index (Phi) is 8.72. The van der Waals surface area contributed by atoms with Crippen LogP contribution >= 0.6 is 11.6 Å². The molecular formula is C24H31ClN2O3. The van der Waals surface area contributed by atoms with E-state index in [1.807, 2.05) is 71.0 Å². The average Bonchev–Trinajstić information content (AvgIpc) is 2.71. The van der Waals surface area contributed by atoms with Crippen molar-refractivity contribution in [1.29, 1.82) is 0 Å². The van der Waals surface area contributed by atoms with Gasteiger partial charge in [-0.1, -0.05) is 48.4 Å². The number of amides is 2. The van der Waals surface area contributed by atoms with Crippen LogP contribution in [0.4, 0.5) is 0 Å². The van der Waals surface area contributed by atoms with E-state index in [0.717, 1.165) is 22.3 Å². The molecule has 0 fully saturated rings. The molecule has 2 amide bonds. The number of nitrogens with one attached hydrogen (secondary N) is 1. The lowest BCUT2D eigenvalue weighted by atomic mass is 10.1. The van der Waals surface area contributed by atoms with Gasteiger partial charge in [0.05, 0.1) is 0 Å². The molecule has 2 aromatic rings. The largest absolute Gasteiger partial charge is 0.484 e. The number of carbonyl (C=O) groups is 2. The fourth-order valence-corrected chi connectivity index (χ4v) is 3.43. The molecule has 6 heteroatoms. The van der Waals surface area contributed by atoms with Gasteiger partial charge in [0.15, 0.2) is 6.61 Å². The zero-order valence-electron chi connectivity index (χ0n) is 18.4. The number of benzene rings is 2. The Morgan fingerprint density at radius 3 is 2.20 bits per heavy atom. The first-order valence-electron chi connectivity index (χ1n) is 10.3. The van der Waals surface area contributed by atoms with Gasteiger partial charge < -0.3 is 15.0 Å². The predicted molar refractivity (Wildman–Crippen MR) is 121 cm³/mol. The lowest BCUT2D eigenvalue weighted by molar-refractivity contribution is -0.142. The number of hydrogen-bond acceptors (Lipinski definition) is 3. The maximum Gasteiger partial charge on any atom is 0.261 e. The molecule has 0 heterocycles. The number of rotatable bonds is 9. The fourth-order valence-electron chi connectivity index (χ4n) is 3.32. The van der Waals surface area contributed by atoms with E-state index in [1.165, 1.54) is 0 Å². The van der Waals surface area contributed by atoms with Crippen LogP contribution in [0.2, 0.25) is 5.02 Å². The first-order valence-corrected chi connectivity index (χ1v) is 10.7. The van der Waals surface area contributed by atoms with Crippen LogP contribution < -0.4 is 10.1 Å². The number of nitrogens with zero attached hydrogens (tertiary/aromatic N) is 1. The van der Waals surface area contributed by atoms with Gasteiger partial charge in [-0.2, -0.15) is 0 Å². The number of aryl methyl sites for hydroxylation is 3. The molecule has 30 heavy (non-hydrogen) atoms. The van der Waals surface area contributed by atoms with Crippen LogP contribution in [-0.2, 0) is 16.1 Å². The highest BCUT2D eigenvalue weighted by Crippen LogP contribution is 2.26. The molecule has 2 aromatic carbocycles. The number of carbonyl (C=O) groups excluding carboxylic acids is 2. The van der Waals surface area contributed by atoms with Gasteiger partial charge in [-0.15, -0.1) is 0 Å². The second kappa shape index (κ2) is 11.0. The van der Waals surface area contributed by atoms with E-state index >= 15 is 0 Å². The molecule has 0 bridgehead atoms. The molecule has 0 radical (unpaired) electrons. The van der Waals surface area contributed by atoms with Crippen molar-refractivity contribution in [2.75, 3.05) is 13.2 Å². The Labute approximate surface area is 184 Å². The molecule has 0 aliphatic heterocycles. The van der Waals surface area contributed by atoms with Crippen molar-refractivity contribution in [3.8, 4) is 5.75 Å². The van der Waals surface area contributed by atoms with Gasteiger partial charge in [0, 0.05) is 18.1 Å². The van der Waals surface area contributed by atoms with Crippen molar-refractivity contribution in [3.05, 3.63) is 63.7 Å². The Morgan fingerprint density at radius 1 is 1.07 bits per heavy atom. The van der Waals surface area contributed by atoms with Crippen LogP contribution in [0.25, 0.3) is 0 Å². The van der Waals surface area contributed by atoms with Crippen molar-refractivity contribution >= 4 is 23.4 Å². The molecule has 0 aliphatic rings. The van der Waals surface area contributed by atoms with Crippen LogP contribution in [0.5, 0.6) is 5.75 Å². The van der Waals surface area contributed by atoms with Crippen LogP contribution in [0.3, 0.4) is 0 Å². The van der Waals surface area contributed by atoms with E-state index in [-0.39, 0.29) is 18.4 Å². The second-order valence-corrected chi connectivity index (χ2v) is 7.86. The summed E-state index contributed by atoms with van der Waals surface area (Å²) in [6.07, 6.45) is 0.516. The molecule has 5 nitrogen and oxygen atoms in total. The summed E-state index contributed by atoms with van der Waals surface area (Å²) >= 11 is 6.21. The number of likely N-dealkylation sites (N-methyl/N-ethyl adjacent to an activating group) is 1. The van der Waals surface area contributed by atoms with Crippen LogP contribution in [0, 0.1) is 20.8 Å². The topological polar surface area (TPSA) is 58.6 Å². The molecule has 0 unspecified atom stereocenters. The Morgan fingerprint density at radius 2 is 1.67 bits per heavy atom. The monoisotopic (exact) mass is 430 g/mol. The summed E-state index contributed by atoms with van der Waals surface area (Å²) < 4.78 is 5.78. The average molecular weight is 431 g/mol. The Hall–Kier alpha value is -2.53. The molecule has 162 valence electrons. The highest BCUT2D eigenvalue weighted by molar-refractivity contribution is 6.32. The van der Waals surface area contributed by atoms with E-state index in [1.54, 1.807) is 4.90 Å². The number of hydrogen-bond donors (Lipinski definition) is 1. The quantitative estimate of drug-likeness (QED) is 0.633. The molecule has 0 saturated carbocycles. The first-order chi connectivity index (χ1) is 14.3. The molecule has 0 aromatic heterocycles. The highest BCUT2D eigenvalue weighted by atomic mass is 35.5. The van der Waals surface area contributed by atoms with E-state index in [0.29, 0.717) is 30.3 Å². The Bertz CT molecular complexity index is 858. The highest BCUT2D eigenvalue weighted by Gasteiger charge is 2.28. The minimum absolute atomic E-state index is 0.151. The summed E-state index contributed by atoms with van der Waals surface area (Å²) in [5.41, 5.74) is 3.90. The van der Waals surface area contributed by atoms with E-state index < -0.39 is 6.04 Å². The van der Waals surface area contributed by atoms with Crippen molar-refractivity contribution < 1.29 is 14.3 Å². The summed E-state index contributed by atoms with van der Waals surface area (Å²) in [6, 6.07) is 11.0. The smallest absolute Gasteiger partial charge is 0.261 e. The molecule has 0 spiro atoms. The van der Waals surface area contributed by atoms with E-state index in [2.05, 4.69) is 5.32 Å². The summed E-state index contributed by atoms with van der Waals surface area (Å²) in [6.45, 7) is 10.3. The van der Waals surface area contributed by atoms with E-state index in [4.69, 9.17) is 16.3 Å². The van der Waals surface area contributed by atoms with E-state index in [9.17, 15) is 9.59 Å². The third kappa shape index (κ3) is 6.23. The third-order valence-corrected chi connectivity index (χ3v) is 5.58. The van der Waals surface area contributed by atoms with Crippen LogP contribution in [-0.4, -0.2) is 35.9 Å². The predicted octanol–water partition coefficient (Wildman–Crippen LogP) is 4.59. The van der Waals surface area contributed by atoms with Gasteiger partial charge in [-0.05, 0) is 62.9 Å². The normalized spacial score (nSPS) is 11.7. The molecule has 1 N–H and O–H groups in total. The maximum atomic E-state index is 13.1. The number of halogens is 1. The van der Waals surface area contributed by atoms with Gasteiger partial charge in [0.2, 0.25) is 5.91 Å². The molecule has 0 aliphatic carbocycles. The first kappa shape index (κ1) is 23.7. The zero-order chi connectivity index (χ0) is 22.3. The minimum Gasteiger partial charge on any atom is -0.484 e. The van der Waals surface area contributed by atoms with Crippen LogP contribution in [0.15, 0.2) is 36.4 Å². The summed E-state index contributed by atoms with van der Waals surface area (Å²) in [7, 11) is 0. The van der Waals surface area contributed by atoms with Gasteiger partial charge in [0.25, 0.3) is 5.91 Å². The maximum absolute atomic E-state index is 13.1. The summed E-state index contributed by atoms with van der Waals surface area (Å²) in [4.78, 5) is 27.3. The van der Waals surface area contributed by atoms with Gasteiger partial charge >= 0.3 is 0 Å². The van der Waals surface area contributed by atoms with Crippen molar-refractivity contribution in [2.45, 2.75) is 53.6 Å². The lowest BCUT2D eigenvalue weighted by Crippen LogP contribution is -2.50. The molecule has 0 saturated heterocycles. The van der Waals surface area contributed by atoms with Crippen molar-refractivity contribution in [3.63, 3.8) is 0 Å². The van der Waals surface area contributed by atoms with Crippen LogP contribution in [0.1, 0.15) is 42.5 Å². The lowest BCUT2D eigenvalue weighted by Gasteiger charge is -2.30. The molecular weight excluding hydrogens is 400 g/mol. The standard InChI is InChI=1S/C24H31ClN2O3/c1-6-21(24(29)26-7-2)27(14-19-10-8-16(3)9-11-19)22(28)15-30-20-12-17(4)23(25)18(5)13-20/h8-13,21H,6-7,14-15H2,1-5H3,(H,26,29)/t21-/m1/s1. The second-order valence-electron chi connectivity index (χ2n) is 7.49. The zero-order valence-corrected chi connectivity index (χ0v) is 19.2. The molecule has 2 rings (SSSR count). The number of ether oxygens (including phenoxy) is 1. The summed E-state index contributed by atoms with van der Waals surface area (Å²) in [5.74, 6) is 0.196. The summed E-state index contributed by atoms with van der Waals surface area (Å²) in [5, 5.41) is 3.53. The van der Waals surface area contributed by atoms with Crippen molar-refractivity contribution in [1.82, 2.24) is 10.2 Å². The SMILES string of the molecule is CCNC(=O)[C@@H](CC)N(Cc1ccc(C)cc1)C(=O)COc1cc(C)c(Cl)c(C)c1. The third-order valence-electron chi connectivity index (χ3n) is 4.98. The Balaban J connectivity index is 2.22. The minimum atomic E-state index is -0.559. The van der Waals surface area contributed by atoms with Gasteiger partial charge in [0.1, 0.15) is 11.8 Å². The fraction of sp³-hybridized carbons (Fsp3) is 0.417. The van der Waals surface area contributed by atoms with Gasteiger partial charge in [-0.25, -0.2) is 0 Å². The molecule has 1 atom stereocenters. The van der Waals surface area contributed by atoms with Crippen molar-refractivity contribution in [2.24, 2.45) is 0 Å².